The molecule has 14 nitrogen and oxygen atoms in total. The largest absolute Gasteiger partial charge is 0.485 e. The molecule has 4 aliphatic rings. The van der Waals surface area contributed by atoms with Crippen LogP contribution in [0.2, 0.25) is 0 Å². The molecule has 20 heteroatoms. The SMILES string of the molecule is C[C@@H]1CC/C=C\[C@@H]2C[C@@]2(C(=O)NS(=O)(=O)C2(C)CC2)NC(=O)[C@@H]2C[C@@H](Oc3ncc(OCC(F)F)c4ccccc34)CN2C(=O)[C@@H](N(C(=O)O)C(C)(C)C(F)(F)F)[C@H](C)C1. The van der Waals surface area contributed by atoms with Crippen LogP contribution in [0.15, 0.2) is 42.6 Å². The van der Waals surface area contributed by atoms with Crippen LogP contribution in [-0.4, -0.2) is 112 Å². The molecule has 1 saturated heterocycles. The lowest BCUT2D eigenvalue weighted by Gasteiger charge is -2.45. The molecule has 1 aromatic carbocycles. The van der Waals surface area contributed by atoms with Crippen molar-refractivity contribution in [3.8, 4) is 11.6 Å². The zero-order valence-corrected chi connectivity index (χ0v) is 34.6. The number of halogens is 5. The average molecular weight is 872 g/mol. The number of amides is 4. The number of carboxylic acid groups (broad SMARTS) is 1. The van der Waals surface area contributed by atoms with Gasteiger partial charge in [0.1, 0.15) is 41.6 Å². The molecule has 2 aliphatic carbocycles. The molecule has 3 N–H and O–H groups in total. The smallest absolute Gasteiger partial charge is 0.411 e. The van der Waals surface area contributed by atoms with Gasteiger partial charge in [0.2, 0.25) is 27.7 Å². The second-order valence-electron chi connectivity index (χ2n) is 17.3. The van der Waals surface area contributed by atoms with E-state index in [-0.39, 0.29) is 41.7 Å². The van der Waals surface area contributed by atoms with Crippen LogP contribution in [0.4, 0.5) is 26.7 Å². The number of allylic oxidation sites excluding steroid dienone is 1. The van der Waals surface area contributed by atoms with Crippen molar-refractivity contribution in [3.05, 3.63) is 42.6 Å². The number of sulfonamides is 1. The number of hydrogen-bond acceptors (Lipinski definition) is 9. The zero-order chi connectivity index (χ0) is 44.2. The number of carbonyl (C=O) groups is 4. The van der Waals surface area contributed by atoms with Gasteiger partial charge in [-0.05, 0) is 77.2 Å². The molecule has 6 rings (SSSR count). The number of hydrogen-bond donors (Lipinski definition) is 3. The summed E-state index contributed by atoms with van der Waals surface area (Å²) >= 11 is 0. The minimum atomic E-state index is -5.14. The maximum Gasteiger partial charge on any atom is 0.411 e. The van der Waals surface area contributed by atoms with Gasteiger partial charge in [-0.1, -0.05) is 44.2 Å². The summed E-state index contributed by atoms with van der Waals surface area (Å²) in [5.41, 5.74) is -4.85. The van der Waals surface area contributed by atoms with Crippen LogP contribution >= 0.6 is 0 Å². The van der Waals surface area contributed by atoms with E-state index >= 15 is 0 Å². The zero-order valence-electron chi connectivity index (χ0n) is 33.8. The van der Waals surface area contributed by atoms with Crippen molar-refractivity contribution in [2.75, 3.05) is 13.2 Å². The summed E-state index contributed by atoms with van der Waals surface area (Å²) in [4.78, 5) is 61.7. The maximum atomic E-state index is 15.0. The first-order chi connectivity index (χ1) is 27.9. The Labute approximate surface area is 344 Å². The lowest BCUT2D eigenvalue weighted by molar-refractivity contribution is -0.222. The van der Waals surface area contributed by atoms with E-state index in [0.717, 1.165) is 11.1 Å². The van der Waals surface area contributed by atoms with Gasteiger partial charge in [-0.3, -0.25) is 24.0 Å². The van der Waals surface area contributed by atoms with Gasteiger partial charge in [0, 0.05) is 23.1 Å². The van der Waals surface area contributed by atoms with Crippen LogP contribution in [0.3, 0.4) is 0 Å². The van der Waals surface area contributed by atoms with Gasteiger partial charge >= 0.3 is 12.3 Å². The summed E-state index contributed by atoms with van der Waals surface area (Å²) < 4.78 is 109. The number of nitrogens with zero attached hydrogens (tertiary/aromatic N) is 3. The fourth-order valence-electron chi connectivity index (χ4n) is 8.24. The second kappa shape index (κ2) is 16.3. The predicted molar refractivity (Wildman–Crippen MR) is 207 cm³/mol. The lowest BCUT2D eigenvalue weighted by Crippen LogP contribution is -2.66. The van der Waals surface area contributed by atoms with E-state index in [4.69, 9.17) is 9.47 Å². The van der Waals surface area contributed by atoms with E-state index in [9.17, 15) is 54.7 Å². The van der Waals surface area contributed by atoms with Crippen LogP contribution in [-0.2, 0) is 24.4 Å². The van der Waals surface area contributed by atoms with Crippen LogP contribution < -0.4 is 19.5 Å². The Morgan fingerprint density at radius 1 is 1.12 bits per heavy atom. The molecule has 0 unspecified atom stereocenters. The van der Waals surface area contributed by atoms with Crippen molar-refractivity contribution in [1.29, 1.82) is 0 Å². The van der Waals surface area contributed by atoms with Crippen LogP contribution in [0.25, 0.3) is 10.8 Å². The Morgan fingerprint density at radius 3 is 2.40 bits per heavy atom. The molecule has 2 aromatic rings. The number of ether oxygens (including phenoxy) is 2. The van der Waals surface area contributed by atoms with Crippen LogP contribution in [0, 0.1) is 17.8 Å². The molecule has 2 aliphatic heterocycles. The van der Waals surface area contributed by atoms with Crippen molar-refractivity contribution in [3.63, 3.8) is 0 Å². The predicted octanol–water partition coefficient (Wildman–Crippen LogP) is 5.80. The third kappa shape index (κ3) is 8.70. The van der Waals surface area contributed by atoms with Gasteiger partial charge in [0.15, 0.2) is 0 Å². The third-order valence-electron chi connectivity index (χ3n) is 12.4. The van der Waals surface area contributed by atoms with E-state index in [0.29, 0.717) is 50.3 Å². The quantitative estimate of drug-likeness (QED) is 0.195. The van der Waals surface area contributed by atoms with E-state index in [1.165, 1.54) is 13.8 Å². The lowest BCUT2D eigenvalue weighted by atomic mass is 9.85. The minimum absolute atomic E-state index is 0.00552. The Hall–Kier alpha value is -4.75. The van der Waals surface area contributed by atoms with Crippen LogP contribution in [0.5, 0.6) is 11.6 Å². The first-order valence-corrected chi connectivity index (χ1v) is 21.3. The highest BCUT2D eigenvalue weighted by atomic mass is 32.2. The molecule has 0 spiro atoms. The normalized spacial score (nSPS) is 29.0. The number of carbonyl (C=O) groups excluding carboxylic acids is 3. The highest BCUT2D eigenvalue weighted by Gasteiger charge is 2.64. The molecular formula is C40H50F5N5O9S. The summed E-state index contributed by atoms with van der Waals surface area (Å²) in [6, 6.07) is 2.87. The average Bonchev–Trinajstić information content (AvgIpc) is 4.04. The fraction of sp³-hybridized carbons (Fsp3) is 0.625. The molecule has 2 saturated carbocycles. The number of alkyl halides is 5. The van der Waals surface area contributed by atoms with Crippen molar-refractivity contribution in [2.24, 2.45) is 17.8 Å². The van der Waals surface area contributed by atoms with E-state index in [1.807, 2.05) is 6.92 Å². The summed E-state index contributed by atoms with van der Waals surface area (Å²) in [6.45, 7) is 4.73. The Morgan fingerprint density at radius 2 is 1.78 bits per heavy atom. The number of aromatic nitrogens is 1. The summed E-state index contributed by atoms with van der Waals surface area (Å²) in [7, 11) is -4.16. The topological polar surface area (TPSA) is 185 Å². The standard InChI is InChI=1S/C40H50F5N5O9S/c1-22-10-6-7-11-24-18-39(24,35(53)48-60(56,57)38(5)14-15-38)47-32(51)28-17-25(59-33-27-13-9-8-12-26(27)29(19-46-33)58-21-30(41)42)20-49(28)34(52)31(23(2)16-22)50(36(54)55)37(3,4)40(43,44)45/h7-9,11-13,19,22-25,28,30-31H,6,10,14-18,20-21H2,1-5H3,(H,47,51)(H,48,53)(H,54,55)/b11-7-/t22-,23-,24-,25-,28+,31+,39-/m1/s1. The number of benzene rings is 1. The van der Waals surface area contributed by atoms with Crippen LogP contribution in [0.1, 0.15) is 79.6 Å². The maximum absolute atomic E-state index is 15.0. The van der Waals surface area contributed by atoms with Gasteiger partial charge in [-0.25, -0.2) is 27.0 Å². The van der Waals surface area contributed by atoms with Gasteiger partial charge in [-0.2, -0.15) is 13.2 Å². The first-order valence-electron chi connectivity index (χ1n) is 19.8. The molecule has 1 aromatic heterocycles. The van der Waals surface area contributed by atoms with E-state index in [2.05, 4.69) is 15.0 Å². The van der Waals surface area contributed by atoms with Gasteiger partial charge in [0.25, 0.3) is 12.3 Å². The molecule has 4 amide bonds. The van der Waals surface area contributed by atoms with Crippen molar-refractivity contribution in [2.45, 2.75) is 126 Å². The summed E-state index contributed by atoms with van der Waals surface area (Å²) in [5, 5.41) is 13.8. The third-order valence-corrected chi connectivity index (χ3v) is 14.5. The molecule has 3 heterocycles. The molecule has 0 radical (unpaired) electrons. The monoisotopic (exact) mass is 871 g/mol. The Bertz CT molecular complexity index is 2150. The minimum Gasteiger partial charge on any atom is -0.485 e. The Kier molecular flexibility index (Phi) is 12.1. The van der Waals surface area contributed by atoms with Gasteiger partial charge in [-0.15, -0.1) is 0 Å². The Balaban J connectivity index is 1.42. The fourth-order valence-corrected chi connectivity index (χ4v) is 9.56. The molecule has 330 valence electrons. The van der Waals surface area contributed by atoms with E-state index < -0.39 is 105 Å². The highest BCUT2D eigenvalue weighted by molar-refractivity contribution is 7.91. The van der Waals surface area contributed by atoms with Crippen molar-refractivity contribution >= 4 is 44.6 Å². The molecular weight excluding hydrogens is 822 g/mol. The number of rotatable bonds is 10. The van der Waals surface area contributed by atoms with Gasteiger partial charge in [0.05, 0.1) is 17.5 Å². The molecule has 3 fully saturated rings. The summed E-state index contributed by atoms with van der Waals surface area (Å²) in [5.74, 6) is -4.97. The second-order valence-corrected chi connectivity index (χ2v) is 19.5. The summed E-state index contributed by atoms with van der Waals surface area (Å²) in [6.07, 6.45) is -5.05. The number of pyridine rings is 1. The van der Waals surface area contributed by atoms with E-state index in [1.54, 1.807) is 36.4 Å². The van der Waals surface area contributed by atoms with Crippen molar-refractivity contribution < 1.29 is 64.1 Å². The number of fused-ring (bicyclic) bond motifs is 3. The highest BCUT2D eigenvalue weighted by Crippen LogP contribution is 2.48. The van der Waals surface area contributed by atoms with Gasteiger partial charge < -0.3 is 24.8 Å². The first kappa shape index (κ1) is 44.8. The number of nitrogens with one attached hydrogen (secondary N) is 2. The molecule has 0 bridgehead atoms. The molecule has 7 atom stereocenters. The molecule has 60 heavy (non-hydrogen) atoms. The van der Waals surface area contributed by atoms with Crippen molar-refractivity contribution in [1.82, 2.24) is 24.8 Å².